The van der Waals surface area contributed by atoms with E-state index in [4.69, 9.17) is 4.55 Å². The number of hydrogen-bond donors (Lipinski definition) is 3. The summed E-state index contributed by atoms with van der Waals surface area (Å²) >= 11 is 0. The van der Waals surface area contributed by atoms with E-state index in [1.54, 1.807) is 6.92 Å². The molecule has 0 spiro atoms. The highest BCUT2D eigenvalue weighted by atomic mass is 32.3. The first-order valence-corrected chi connectivity index (χ1v) is 12.5. The number of nitrogens with one attached hydrogen (secondary N) is 1. The lowest BCUT2D eigenvalue weighted by atomic mass is 10.0. The second-order valence-electron chi connectivity index (χ2n) is 7.62. The molecular formula is C21H45NO6S. The fraction of sp³-hybridized carbons (Fsp3) is 0.952. The van der Waals surface area contributed by atoms with Crippen molar-refractivity contribution in [2.24, 2.45) is 0 Å². The van der Waals surface area contributed by atoms with Gasteiger partial charge >= 0.3 is 10.4 Å². The number of carbonyl (C=O) groups excluding carboxylic acids is 1. The average molecular weight is 440 g/mol. The second-order valence-corrected chi connectivity index (χ2v) is 8.81. The van der Waals surface area contributed by atoms with Crippen molar-refractivity contribution in [2.45, 2.75) is 123 Å². The molecule has 0 aliphatic rings. The Labute approximate surface area is 179 Å². The molecule has 0 bridgehead atoms. The van der Waals surface area contributed by atoms with Gasteiger partial charge in [0.1, 0.15) is 12.0 Å². The van der Waals surface area contributed by atoms with Crippen LogP contribution in [0.25, 0.3) is 0 Å². The zero-order valence-electron chi connectivity index (χ0n) is 19.0. The van der Waals surface area contributed by atoms with Crippen LogP contribution in [0.5, 0.6) is 0 Å². The molecule has 7 nitrogen and oxygen atoms in total. The lowest BCUT2D eigenvalue weighted by molar-refractivity contribution is -0.121. The van der Waals surface area contributed by atoms with Crippen LogP contribution < -0.4 is 5.32 Å². The van der Waals surface area contributed by atoms with Gasteiger partial charge in [-0.25, -0.2) is 0 Å². The summed E-state index contributed by atoms with van der Waals surface area (Å²) in [6, 6.07) is -0.229. The molecule has 0 fully saturated rings. The summed E-state index contributed by atoms with van der Waals surface area (Å²) < 4.78 is 29.7. The maximum Gasteiger partial charge on any atom is 0.397 e. The third-order valence-corrected chi connectivity index (χ3v) is 5.13. The first-order valence-electron chi connectivity index (χ1n) is 11.1. The summed E-state index contributed by atoms with van der Waals surface area (Å²) in [4.78, 5) is 11.8. The summed E-state index contributed by atoms with van der Waals surface area (Å²) in [5, 5.41) is 12.0. The molecule has 3 N–H and O–H groups in total. The van der Waals surface area contributed by atoms with Gasteiger partial charge in [-0.15, -0.1) is 0 Å². The van der Waals surface area contributed by atoms with Crippen LogP contribution in [0.15, 0.2) is 0 Å². The van der Waals surface area contributed by atoms with Crippen LogP contribution >= 0.6 is 0 Å². The SMILES string of the molecule is CCCCCCCCCCCCCCCC(=O)C(C)NC(C)O.COS(=O)(=O)O. The molecular weight excluding hydrogens is 394 g/mol. The van der Waals surface area contributed by atoms with Crippen molar-refractivity contribution in [2.75, 3.05) is 7.11 Å². The summed E-state index contributed by atoms with van der Waals surface area (Å²) in [6.45, 7) is 5.75. The normalized spacial score (nSPS) is 13.4. The van der Waals surface area contributed by atoms with Crippen LogP contribution in [0.2, 0.25) is 0 Å². The van der Waals surface area contributed by atoms with Gasteiger partial charge in [-0.05, 0) is 20.3 Å². The first kappa shape index (κ1) is 30.7. The minimum Gasteiger partial charge on any atom is -0.379 e. The molecule has 0 aromatic heterocycles. The maximum atomic E-state index is 11.8. The molecule has 0 amide bonds. The fourth-order valence-corrected chi connectivity index (χ4v) is 2.99. The Hall–Kier alpha value is -0.540. The van der Waals surface area contributed by atoms with Crippen molar-refractivity contribution >= 4 is 16.2 Å². The summed E-state index contributed by atoms with van der Waals surface area (Å²) in [5.41, 5.74) is 0. The van der Waals surface area contributed by atoms with Crippen molar-refractivity contribution in [3.8, 4) is 0 Å². The van der Waals surface area contributed by atoms with Gasteiger partial charge in [-0.3, -0.25) is 18.8 Å². The Morgan fingerprint density at radius 1 is 0.862 bits per heavy atom. The van der Waals surface area contributed by atoms with Crippen LogP contribution in [0.4, 0.5) is 0 Å². The third-order valence-electron chi connectivity index (χ3n) is 4.71. The zero-order valence-corrected chi connectivity index (χ0v) is 19.8. The van der Waals surface area contributed by atoms with Gasteiger partial charge in [0.2, 0.25) is 0 Å². The Balaban J connectivity index is 0. The highest BCUT2D eigenvalue weighted by Gasteiger charge is 2.13. The molecule has 2 unspecified atom stereocenters. The summed E-state index contributed by atoms with van der Waals surface area (Å²) in [7, 11) is -3.29. The molecule has 29 heavy (non-hydrogen) atoms. The van der Waals surface area contributed by atoms with Gasteiger partial charge in [0.25, 0.3) is 0 Å². The van der Waals surface area contributed by atoms with Gasteiger partial charge in [0, 0.05) is 6.42 Å². The van der Waals surface area contributed by atoms with Gasteiger partial charge in [-0.2, -0.15) is 8.42 Å². The lowest BCUT2D eigenvalue weighted by Crippen LogP contribution is -2.39. The van der Waals surface area contributed by atoms with Crippen LogP contribution in [0.3, 0.4) is 0 Å². The molecule has 0 aliphatic carbocycles. The molecule has 176 valence electrons. The Bertz CT molecular complexity index is 468. The summed E-state index contributed by atoms with van der Waals surface area (Å²) in [5.74, 6) is 0.217. The maximum absolute atomic E-state index is 11.8. The highest BCUT2D eigenvalue weighted by Crippen LogP contribution is 2.13. The first-order chi connectivity index (χ1) is 13.6. The highest BCUT2D eigenvalue weighted by molar-refractivity contribution is 7.80. The minimum absolute atomic E-state index is 0.217. The van der Waals surface area contributed by atoms with E-state index in [2.05, 4.69) is 16.4 Å². The van der Waals surface area contributed by atoms with Gasteiger partial charge in [-0.1, -0.05) is 84.0 Å². The average Bonchev–Trinajstić information content (AvgIpc) is 2.64. The van der Waals surface area contributed by atoms with Gasteiger partial charge in [0.15, 0.2) is 0 Å². The monoisotopic (exact) mass is 439 g/mol. The molecule has 0 radical (unpaired) electrons. The van der Waals surface area contributed by atoms with Crippen LogP contribution in [0, 0.1) is 0 Å². The van der Waals surface area contributed by atoms with Crippen molar-refractivity contribution < 1.29 is 27.1 Å². The largest absolute Gasteiger partial charge is 0.397 e. The molecule has 0 rings (SSSR count). The van der Waals surface area contributed by atoms with E-state index in [1.165, 1.54) is 70.6 Å². The smallest absolute Gasteiger partial charge is 0.379 e. The predicted molar refractivity (Wildman–Crippen MR) is 118 cm³/mol. The third kappa shape index (κ3) is 27.5. The van der Waals surface area contributed by atoms with E-state index >= 15 is 0 Å². The Kier molecular flexibility index (Phi) is 21.9. The molecule has 2 atom stereocenters. The van der Waals surface area contributed by atoms with Crippen molar-refractivity contribution in [3.63, 3.8) is 0 Å². The van der Waals surface area contributed by atoms with Crippen LogP contribution in [-0.4, -0.2) is 43.2 Å². The predicted octanol–water partition coefficient (Wildman–Crippen LogP) is 4.79. The van der Waals surface area contributed by atoms with E-state index in [9.17, 15) is 18.3 Å². The fourth-order valence-electron chi connectivity index (χ4n) is 2.99. The molecule has 8 heteroatoms. The molecule has 0 aliphatic heterocycles. The lowest BCUT2D eigenvalue weighted by Gasteiger charge is -2.14. The molecule has 0 heterocycles. The Morgan fingerprint density at radius 3 is 1.52 bits per heavy atom. The van der Waals surface area contributed by atoms with E-state index in [0.717, 1.165) is 20.0 Å². The second kappa shape index (κ2) is 20.7. The van der Waals surface area contributed by atoms with Crippen molar-refractivity contribution in [1.29, 1.82) is 0 Å². The molecule has 0 aromatic carbocycles. The number of ketones is 1. The molecule has 0 aromatic rings. The number of aliphatic hydroxyl groups is 1. The number of unbranched alkanes of at least 4 members (excludes halogenated alkanes) is 12. The quantitative estimate of drug-likeness (QED) is 0.160. The number of hydrogen-bond acceptors (Lipinski definition) is 6. The zero-order chi connectivity index (χ0) is 22.5. The number of Topliss-reactive ketones (excluding diaryl/α,β-unsaturated/α-hetero) is 1. The van der Waals surface area contributed by atoms with Crippen LogP contribution in [-0.2, 0) is 19.4 Å². The number of carbonyl (C=O) groups is 1. The van der Waals surface area contributed by atoms with E-state index in [-0.39, 0.29) is 11.8 Å². The minimum atomic E-state index is -4.16. The number of aliphatic hydroxyl groups excluding tert-OH is 1. The van der Waals surface area contributed by atoms with Crippen molar-refractivity contribution in [3.05, 3.63) is 0 Å². The summed E-state index contributed by atoms with van der Waals surface area (Å²) in [6.07, 6.45) is 17.3. The van der Waals surface area contributed by atoms with Crippen LogP contribution in [0.1, 0.15) is 111 Å². The van der Waals surface area contributed by atoms with E-state index in [1.807, 2.05) is 6.92 Å². The standard InChI is InChI=1S/C20H41NO2.CH4O4S/c1-4-5-6-7-8-9-10-11-12-13-14-15-16-17-20(23)18(2)21-19(3)22;1-5-6(2,3)4/h18-19,21-22H,4-17H2,1-3H3;1H3,(H,2,3,4). The molecule has 0 saturated heterocycles. The van der Waals surface area contributed by atoms with Crippen molar-refractivity contribution in [1.82, 2.24) is 5.32 Å². The van der Waals surface area contributed by atoms with Gasteiger partial charge in [0.05, 0.1) is 13.2 Å². The van der Waals surface area contributed by atoms with Gasteiger partial charge < -0.3 is 5.11 Å². The molecule has 0 saturated carbocycles. The van der Waals surface area contributed by atoms with E-state index in [0.29, 0.717) is 6.42 Å². The van der Waals surface area contributed by atoms with E-state index < -0.39 is 16.6 Å². The topological polar surface area (TPSA) is 113 Å². The Morgan fingerprint density at radius 2 is 1.21 bits per heavy atom. The number of rotatable bonds is 18.